The molecule has 0 amide bonds. The highest BCUT2D eigenvalue weighted by Gasteiger charge is 2.18. The van der Waals surface area contributed by atoms with E-state index in [1.54, 1.807) is 13.0 Å². The molecular formula is C12H18ClFN2. The molecule has 0 unspecified atom stereocenters. The summed E-state index contributed by atoms with van der Waals surface area (Å²) in [6.07, 6.45) is 0. The molecule has 0 atom stereocenters. The van der Waals surface area contributed by atoms with E-state index in [0.717, 1.165) is 6.54 Å². The summed E-state index contributed by atoms with van der Waals surface area (Å²) in [4.78, 5) is 0. The number of benzene rings is 1. The Balaban J connectivity index is 2.93. The number of likely N-dealkylation sites (N-methyl/N-ethyl adjacent to an activating group) is 1. The zero-order valence-electron chi connectivity index (χ0n) is 10.1. The van der Waals surface area contributed by atoms with Crippen molar-refractivity contribution < 1.29 is 4.39 Å². The lowest BCUT2D eigenvalue weighted by Gasteiger charge is -2.28. The summed E-state index contributed by atoms with van der Waals surface area (Å²) in [5.74, 6) is -0.243. The number of nitrogens with one attached hydrogen (secondary N) is 2. The molecule has 0 radical (unpaired) electrons. The molecule has 4 heteroatoms. The van der Waals surface area contributed by atoms with Gasteiger partial charge in [0.15, 0.2) is 0 Å². The molecule has 0 aromatic heterocycles. The van der Waals surface area contributed by atoms with Gasteiger partial charge in [-0.05, 0) is 45.5 Å². The van der Waals surface area contributed by atoms with Crippen LogP contribution in [0.3, 0.4) is 0 Å². The summed E-state index contributed by atoms with van der Waals surface area (Å²) in [5, 5.41) is 6.84. The Kier molecular flexibility index (Phi) is 4.16. The van der Waals surface area contributed by atoms with Crippen LogP contribution in [-0.2, 0) is 0 Å². The maximum Gasteiger partial charge on any atom is 0.128 e. The Morgan fingerprint density at radius 1 is 1.38 bits per heavy atom. The topological polar surface area (TPSA) is 24.1 Å². The molecule has 1 aromatic carbocycles. The van der Waals surface area contributed by atoms with Crippen molar-refractivity contribution in [3.05, 3.63) is 28.5 Å². The minimum absolute atomic E-state index is 0.180. The van der Waals surface area contributed by atoms with Crippen molar-refractivity contribution in [1.82, 2.24) is 5.32 Å². The van der Waals surface area contributed by atoms with E-state index >= 15 is 0 Å². The van der Waals surface area contributed by atoms with E-state index in [0.29, 0.717) is 16.3 Å². The van der Waals surface area contributed by atoms with Gasteiger partial charge in [-0.15, -0.1) is 0 Å². The molecule has 0 aliphatic carbocycles. The lowest BCUT2D eigenvalue weighted by atomic mass is 10.0. The molecule has 1 rings (SSSR count). The van der Waals surface area contributed by atoms with Gasteiger partial charge in [-0.2, -0.15) is 0 Å². The molecule has 0 aliphatic heterocycles. The van der Waals surface area contributed by atoms with E-state index in [1.807, 2.05) is 20.9 Å². The predicted octanol–water partition coefficient (Wildman–Crippen LogP) is 3.20. The number of rotatable bonds is 4. The minimum atomic E-state index is -0.243. The zero-order valence-corrected chi connectivity index (χ0v) is 10.9. The first kappa shape index (κ1) is 13.3. The number of hydrogen-bond acceptors (Lipinski definition) is 2. The second-order valence-electron chi connectivity index (χ2n) is 4.62. The molecule has 90 valence electrons. The summed E-state index contributed by atoms with van der Waals surface area (Å²) in [6, 6.07) is 3.07. The second-order valence-corrected chi connectivity index (χ2v) is 5.03. The molecule has 0 saturated heterocycles. The number of hydrogen-bond donors (Lipinski definition) is 2. The highest BCUT2D eigenvalue weighted by molar-refractivity contribution is 6.33. The molecule has 0 bridgehead atoms. The van der Waals surface area contributed by atoms with Crippen molar-refractivity contribution in [3.8, 4) is 0 Å². The Morgan fingerprint density at radius 3 is 2.56 bits per heavy atom. The van der Waals surface area contributed by atoms with E-state index in [1.165, 1.54) is 6.07 Å². The number of aryl methyl sites for hydroxylation is 1. The molecule has 0 spiro atoms. The van der Waals surface area contributed by atoms with Gasteiger partial charge < -0.3 is 10.6 Å². The van der Waals surface area contributed by atoms with Gasteiger partial charge in [-0.3, -0.25) is 0 Å². The summed E-state index contributed by atoms with van der Waals surface area (Å²) in [5.41, 5.74) is 1.01. The van der Waals surface area contributed by atoms with Crippen LogP contribution in [0.15, 0.2) is 12.1 Å². The number of halogens is 2. The lowest BCUT2D eigenvalue weighted by molar-refractivity contribution is 0.529. The zero-order chi connectivity index (χ0) is 12.3. The monoisotopic (exact) mass is 244 g/mol. The van der Waals surface area contributed by atoms with Crippen LogP contribution < -0.4 is 10.6 Å². The largest absolute Gasteiger partial charge is 0.378 e. The molecule has 0 heterocycles. The average Bonchev–Trinajstić information content (AvgIpc) is 2.13. The van der Waals surface area contributed by atoms with Crippen LogP contribution >= 0.6 is 11.6 Å². The van der Waals surface area contributed by atoms with Gasteiger partial charge >= 0.3 is 0 Å². The van der Waals surface area contributed by atoms with E-state index in [4.69, 9.17) is 11.6 Å². The molecule has 0 aliphatic rings. The van der Waals surface area contributed by atoms with Crippen molar-refractivity contribution in [1.29, 1.82) is 0 Å². The van der Waals surface area contributed by atoms with Gasteiger partial charge in [0.1, 0.15) is 5.82 Å². The Bertz CT molecular complexity index is 378. The van der Waals surface area contributed by atoms with Crippen LogP contribution in [0.2, 0.25) is 5.02 Å². The first-order valence-corrected chi connectivity index (χ1v) is 5.62. The average molecular weight is 245 g/mol. The molecule has 16 heavy (non-hydrogen) atoms. The fourth-order valence-electron chi connectivity index (χ4n) is 1.59. The normalized spacial score (nSPS) is 11.6. The standard InChI is InChI=1S/C12H18ClFN2/c1-8-5-9(13)11(6-10(8)14)16-12(2,3)7-15-4/h5-6,15-16H,7H2,1-4H3. The van der Waals surface area contributed by atoms with Crippen LogP contribution in [0.1, 0.15) is 19.4 Å². The van der Waals surface area contributed by atoms with Crippen LogP contribution in [0, 0.1) is 12.7 Å². The Hall–Kier alpha value is -0.800. The third-order valence-corrected chi connectivity index (χ3v) is 2.65. The van der Waals surface area contributed by atoms with Gasteiger partial charge in [-0.25, -0.2) is 4.39 Å². The SMILES string of the molecule is CNCC(C)(C)Nc1cc(F)c(C)cc1Cl. The maximum atomic E-state index is 13.4. The third-order valence-electron chi connectivity index (χ3n) is 2.34. The molecule has 2 N–H and O–H groups in total. The van der Waals surface area contributed by atoms with Crippen molar-refractivity contribution in [3.63, 3.8) is 0 Å². The van der Waals surface area contributed by atoms with Gasteiger partial charge in [0, 0.05) is 12.1 Å². The molecular weight excluding hydrogens is 227 g/mol. The Morgan fingerprint density at radius 2 is 2.00 bits per heavy atom. The van der Waals surface area contributed by atoms with E-state index in [2.05, 4.69) is 10.6 Å². The van der Waals surface area contributed by atoms with Gasteiger partial charge in [0.25, 0.3) is 0 Å². The van der Waals surface area contributed by atoms with E-state index < -0.39 is 0 Å². The highest BCUT2D eigenvalue weighted by atomic mass is 35.5. The Labute approximate surface area is 101 Å². The second kappa shape index (κ2) is 5.02. The van der Waals surface area contributed by atoms with E-state index in [9.17, 15) is 4.39 Å². The van der Waals surface area contributed by atoms with Crippen molar-refractivity contribution >= 4 is 17.3 Å². The minimum Gasteiger partial charge on any atom is -0.378 e. The summed E-state index contributed by atoms with van der Waals surface area (Å²) >= 11 is 6.06. The van der Waals surface area contributed by atoms with Gasteiger partial charge in [0.05, 0.1) is 10.7 Å². The summed E-state index contributed by atoms with van der Waals surface area (Å²) < 4.78 is 13.4. The maximum absolute atomic E-state index is 13.4. The first-order chi connectivity index (χ1) is 7.35. The van der Waals surface area contributed by atoms with Crippen LogP contribution in [-0.4, -0.2) is 19.1 Å². The molecule has 0 saturated carbocycles. The van der Waals surface area contributed by atoms with Gasteiger partial charge in [-0.1, -0.05) is 11.6 Å². The quantitative estimate of drug-likeness (QED) is 0.850. The highest BCUT2D eigenvalue weighted by Crippen LogP contribution is 2.27. The first-order valence-electron chi connectivity index (χ1n) is 5.24. The van der Waals surface area contributed by atoms with Crippen LogP contribution in [0.4, 0.5) is 10.1 Å². The summed E-state index contributed by atoms with van der Waals surface area (Å²) in [7, 11) is 1.88. The third kappa shape index (κ3) is 3.35. The van der Waals surface area contributed by atoms with Crippen molar-refractivity contribution in [2.45, 2.75) is 26.3 Å². The molecule has 2 nitrogen and oxygen atoms in total. The summed E-state index contributed by atoms with van der Waals surface area (Å²) in [6.45, 7) is 6.51. The van der Waals surface area contributed by atoms with Gasteiger partial charge in [0.2, 0.25) is 0 Å². The smallest absolute Gasteiger partial charge is 0.128 e. The van der Waals surface area contributed by atoms with Crippen LogP contribution in [0.5, 0.6) is 0 Å². The number of anilines is 1. The predicted molar refractivity (Wildman–Crippen MR) is 67.8 cm³/mol. The fraction of sp³-hybridized carbons (Fsp3) is 0.500. The molecule has 1 aromatic rings. The van der Waals surface area contributed by atoms with E-state index in [-0.39, 0.29) is 11.4 Å². The van der Waals surface area contributed by atoms with Crippen molar-refractivity contribution in [2.75, 3.05) is 18.9 Å². The fourth-order valence-corrected chi connectivity index (χ4v) is 1.86. The van der Waals surface area contributed by atoms with Crippen molar-refractivity contribution in [2.24, 2.45) is 0 Å². The van der Waals surface area contributed by atoms with Crippen LogP contribution in [0.25, 0.3) is 0 Å². The molecule has 0 fully saturated rings. The lowest BCUT2D eigenvalue weighted by Crippen LogP contribution is -2.40.